The van der Waals surface area contributed by atoms with Crippen molar-refractivity contribution in [2.45, 2.75) is 26.3 Å². The Hall–Kier alpha value is -1.42. The zero-order chi connectivity index (χ0) is 11.0. The van der Waals surface area contributed by atoms with Gasteiger partial charge in [0.05, 0.1) is 13.2 Å². The van der Waals surface area contributed by atoms with Gasteiger partial charge in [0.2, 0.25) is 0 Å². The van der Waals surface area contributed by atoms with Crippen LogP contribution in [0, 0.1) is 5.92 Å². The van der Waals surface area contributed by atoms with Gasteiger partial charge in [-0.1, -0.05) is 25.4 Å². The van der Waals surface area contributed by atoms with Gasteiger partial charge < -0.3 is 10.1 Å². The van der Waals surface area contributed by atoms with Gasteiger partial charge in [-0.25, -0.2) is 4.79 Å². The van der Waals surface area contributed by atoms with Crippen LogP contribution in [0.3, 0.4) is 0 Å². The molecule has 0 aliphatic heterocycles. The van der Waals surface area contributed by atoms with E-state index < -0.39 is 6.09 Å². The normalized spacial score (nSPS) is 13.6. The highest BCUT2D eigenvalue weighted by molar-refractivity contribution is 5.66. The number of azide groups is 1. The molecular weight excluding hydrogens is 184 g/mol. The average Bonchev–Trinajstić information content (AvgIpc) is 2.22. The molecule has 0 aliphatic carbocycles. The number of hydrogen-bond donors (Lipinski definition) is 1. The lowest BCUT2D eigenvalue weighted by atomic mass is 10.0. The van der Waals surface area contributed by atoms with Crippen LogP contribution in [0.4, 0.5) is 4.79 Å². The van der Waals surface area contributed by atoms with E-state index >= 15 is 0 Å². The highest BCUT2D eigenvalue weighted by Gasteiger charge is 2.14. The van der Waals surface area contributed by atoms with Crippen molar-refractivity contribution < 1.29 is 9.53 Å². The summed E-state index contributed by atoms with van der Waals surface area (Å²) >= 11 is 0. The maximum absolute atomic E-state index is 10.8. The smallest absolute Gasteiger partial charge is 0.406 e. The molecule has 0 spiro atoms. The molecule has 0 radical (unpaired) electrons. The standard InChI is InChI=1S/C8H16N4O2/c1-4-6(2)7(11-12-9)5-10-8(13)14-3/h6-7H,4-5H2,1-3H3,(H,10,13)/t6-,7-/m0/s1. The van der Waals surface area contributed by atoms with Crippen molar-refractivity contribution in [3.63, 3.8) is 0 Å². The number of rotatable bonds is 5. The quantitative estimate of drug-likeness (QED) is 0.418. The van der Waals surface area contributed by atoms with Crippen molar-refractivity contribution in [1.29, 1.82) is 0 Å². The fourth-order valence-corrected chi connectivity index (χ4v) is 0.954. The van der Waals surface area contributed by atoms with Crippen LogP contribution in [0.25, 0.3) is 10.4 Å². The third-order valence-corrected chi connectivity index (χ3v) is 2.14. The van der Waals surface area contributed by atoms with Gasteiger partial charge in [0.15, 0.2) is 0 Å². The van der Waals surface area contributed by atoms with E-state index in [1.165, 1.54) is 7.11 Å². The Balaban J connectivity index is 4.09. The Morgan fingerprint density at radius 3 is 2.79 bits per heavy atom. The fourth-order valence-electron chi connectivity index (χ4n) is 0.954. The molecule has 0 unspecified atom stereocenters. The van der Waals surface area contributed by atoms with E-state index in [9.17, 15) is 4.79 Å². The van der Waals surface area contributed by atoms with Gasteiger partial charge >= 0.3 is 6.09 Å². The summed E-state index contributed by atoms with van der Waals surface area (Å²) in [5, 5.41) is 6.12. The number of carbonyl (C=O) groups is 1. The Morgan fingerprint density at radius 1 is 1.71 bits per heavy atom. The first-order valence-electron chi connectivity index (χ1n) is 4.51. The van der Waals surface area contributed by atoms with E-state index in [1.807, 2.05) is 13.8 Å². The van der Waals surface area contributed by atoms with Crippen LogP contribution in [0.1, 0.15) is 20.3 Å². The molecule has 0 aromatic rings. The number of ether oxygens (including phenoxy) is 1. The Kier molecular flexibility index (Phi) is 6.32. The largest absolute Gasteiger partial charge is 0.453 e. The predicted octanol–water partition coefficient (Wildman–Crippen LogP) is 2.07. The van der Waals surface area contributed by atoms with Crippen molar-refractivity contribution in [1.82, 2.24) is 5.32 Å². The maximum atomic E-state index is 10.8. The molecule has 0 aromatic carbocycles. The van der Waals surface area contributed by atoms with Gasteiger partial charge in [0, 0.05) is 11.5 Å². The molecule has 6 nitrogen and oxygen atoms in total. The van der Waals surface area contributed by atoms with Gasteiger partial charge in [-0.3, -0.25) is 0 Å². The second-order valence-corrected chi connectivity index (χ2v) is 3.03. The van der Waals surface area contributed by atoms with Crippen molar-refractivity contribution in [3.8, 4) is 0 Å². The van der Waals surface area contributed by atoms with Crippen LogP contribution in [0.5, 0.6) is 0 Å². The molecule has 0 saturated heterocycles. The summed E-state index contributed by atoms with van der Waals surface area (Å²) in [5.74, 6) is 0.239. The summed E-state index contributed by atoms with van der Waals surface area (Å²) in [7, 11) is 1.29. The van der Waals surface area contributed by atoms with Crippen LogP contribution >= 0.6 is 0 Å². The van der Waals surface area contributed by atoms with Gasteiger partial charge in [0.1, 0.15) is 0 Å². The maximum Gasteiger partial charge on any atom is 0.406 e. The summed E-state index contributed by atoms with van der Waals surface area (Å²) < 4.78 is 4.41. The van der Waals surface area contributed by atoms with E-state index in [2.05, 4.69) is 20.1 Å². The van der Waals surface area contributed by atoms with Gasteiger partial charge in [0.25, 0.3) is 0 Å². The molecule has 0 aromatic heterocycles. The van der Waals surface area contributed by atoms with Crippen molar-refractivity contribution in [2.75, 3.05) is 13.7 Å². The number of nitrogens with one attached hydrogen (secondary N) is 1. The van der Waals surface area contributed by atoms with E-state index in [-0.39, 0.29) is 12.0 Å². The Bertz CT molecular complexity index is 225. The highest BCUT2D eigenvalue weighted by atomic mass is 16.5. The molecule has 6 heteroatoms. The SMILES string of the molecule is CC[C@H](C)[C@H](CNC(=O)OC)N=[N+]=[N-]. The lowest BCUT2D eigenvalue weighted by molar-refractivity contribution is 0.169. The molecule has 0 aliphatic rings. The molecule has 0 heterocycles. The number of alkyl carbamates (subject to hydrolysis) is 1. The number of amides is 1. The van der Waals surface area contributed by atoms with Crippen molar-refractivity contribution >= 4 is 6.09 Å². The summed E-state index contributed by atoms with van der Waals surface area (Å²) in [5.41, 5.74) is 8.32. The summed E-state index contributed by atoms with van der Waals surface area (Å²) in [4.78, 5) is 13.5. The first-order chi connectivity index (χ1) is 6.65. The zero-order valence-corrected chi connectivity index (χ0v) is 8.73. The molecule has 0 rings (SSSR count). The van der Waals surface area contributed by atoms with Gasteiger partial charge in [-0.15, -0.1) is 0 Å². The minimum absolute atomic E-state index is 0.218. The first-order valence-corrected chi connectivity index (χ1v) is 4.51. The molecule has 14 heavy (non-hydrogen) atoms. The number of nitrogens with zero attached hydrogens (tertiary/aromatic N) is 3. The van der Waals surface area contributed by atoms with Gasteiger partial charge in [-0.2, -0.15) is 0 Å². The van der Waals surface area contributed by atoms with E-state index in [0.717, 1.165) is 6.42 Å². The molecule has 1 amide bonds. The van der Waals surface area contributed by atoms with Gasteiger partial charge in [-0.05, 0) is 11.4 Å². The third-order valence-electron chi connectivity index (χ3n) is 2.14. The minimum Gasteiger partial charge on any atom is -0.453 e. The van der Waals surface area contributed by atoms with Crippen LogP contribution < -0.4 is 5.32 Å². The molecule has 80 valence electrons. The second-order valence-electron chi connectivity index (χ2n) is 3.03. The molecule has 0 fully saturated rings. The topological polar surface area (TPSA) is 87.1 Å². The van der Waals surface area contributed by atoms with Crippen LogP contribution in [-0.4, -0.2) is 25.8 Å². The Morgan fingerprint density at radius 2 is 2.36 bits per heavy atom. The number of carbonyl (C=O) groups excluding carboxylic acids is 1. The lowest BCUT2D eigenvalue weighted by Crippen LogP contribution is -2.34. The van der Waals surface area contributed by atoms with E-state index in [0.29, 0.717) is 6.54 Å². The molecular formula is C8H16N4O2. The Labute approximate surface area is 83.3 Å². The number of methoxy groups -OCH3 is 1. The molecule has 0 bridgehead atoms. The van der Waals surface area contributed by atoms with Crippen LogP contribution in [0.15, 0.2) is 5.11 Å². The summed E-state index contributed by atoms with van der Waals surface area (Å²) in [6.45, 7) is 4.28. The minimum atomic E-state index is -0.508. The zero-order valence-electron chi connectivity index (χ0n) is 8.73. The van der Waals surface area contributed by atoms with Crippen molar-refractivity contribution in [2.24, 2.45) is 11.0 Å². The fraction of sp³-hybridized carbons (Fsp3) is 0.875. The molecule has 2 atom stereocenters. The predicted molar refractivity (Wildman–Crippen MR) is 52.8 cm³/mol. The van der Waals surface area contributed by atoms with Crippen LogP contribution in [-0.2, 0) is 4.74 Å². The summed E-state index contributed by atoms with van der Waals surface area (Å²) in [6.07, 6.45) is 0.387. The molecule has 1 N–H and O–H groups in total. The third kappa shape index (κ3) is 4.57. The van der Waals surface area contributed by atoms with E-state index in [4.69, 9.17) is 5.53 Å². The lowest BCUT2D eigenvalue weighted by Gasteiger charge is -2.17. The summed E-state index contributed by atoms with van der Waals surface area (Å²) in [6, 6.07) is -0.218. The van der Waals surface area contributed by atoms with E-state index in [1.54, 1.807) is 0 Å². The first kappa shape index (κ1) is 12.6. The molecule has 0 saturated carbocycles. The van der Waals surface area contributed by atoms with Crippen LogP contribution in [0.2, 0.25) is 0 Å². The highest BCUT2D eigenvalue weighted by Crippen LogP contribution is 2.10. The van der Waals surface area contributed by atoms with Crippen molar-refractivity contribution in [3.05, 3.63) is 10.4 Å². The monoisotopic (exact) mass is 200 g/mol. The number of hydrogen-bond acceptors (Lipinski definition) is 3. The average molecular weight is 200 g/mol. The second kappa shape index (κ2) is 7.03.